The summed E-state index contributed by atoms with van der Waals surface area (Å²) in [5.41, 5.74) is 2.46. The smallest absolute Gasteiger partial charge is 0.157 e. The molecule has 2 rings (SSSR count). The normalized spacial score (nSPS) is 11.8. The van der Waals surface area contributed by atoms with Gasteiger partial charge < -0.3 is 0 Å². The van der Waals surface area contributed by atoms with Crippen LogP contribution in [-0.2, 0) is 5.41 Å². The largest absolute Gasteiger partial charge is 0.234 e. The average Bonchev–Trinajstić information content (AvgIpc) is 2.82. The molecule has 0 amide bonds. The molecular formula is C12H17N5. The number of pyridine rings is 1. The van der Waals surface area contributed by atoms with Gasteiger partial charge in [0.05, 0.1) is 0 Å². The Hall–Kier alpha value is -1.78. The third-order valence-electron chi connectivity index (χ3n) is 3.27. The van der Waals surface area contributed by atoms with E-state index in [0.29, 0.717) is 0 Å². The fraction of sp³-hybridized carbons (Fsp3) is 0.500. The third kappa shape index (κ3) is 2.18. The molecule has 0 radical (unpaired) electrons. The van der Waals surface area contributed by atoms with Crippen molar-refractivity contribution >= 4 is 0 Å². The van der Waals surface area contributed by atoms with Crippen molar-refractivity contribution in [2.75, 3.05) is 0 Å². The number of nitrogens with zero attached hydrogens (tertiary/aromatic N) is 5. The van der Waals surface area contributed by atoms with Crippen LogP contribution in [0.1, 0.15) is 38.4 Å². The van der Waals surface area contributed by atoms with E-state index >= 15 is 0 Å². The van der Waals surface area contributed by atoms with E-state index in [0.717, 1.165) is 17.9 Å². The lowest BCUT2D eigenvalue weighted by atomic mass is 9.81. The Kier molecular flexibility index (Phi) is 2.92. The molecule has 0 aromatic carbocycles. The van der Waals surface area contributed by atoms with Gasteiger partial charge in [-0.25, -0.2) is 4.98 Å². The van der Waals surface area contributed by atoms with Crippen LogP contribution in [0.3, 0.4) is 0 Å². The standard InChI is InChI=1S/C12H17N5/c1-5-12(3,4)10-6-7-11(14-9(10)2)17-8-13-15-16-17/h6-8H,5H2,1-4H3. The van der Waals surface area contributed by atoms with Crippen LogP contribution in [0.2, 0.25) is 0 Å². The summed E-state index contributed by atoms with van der Waals surface area (Å²) in [6.45, 7) is 8.68. The van der Waals surface area contributed by atoms with Crippen molar-refractivity contribution in [3.63, 3.8) is 0 Å². The Morgan fingerprint density at radius 2 is 2.06 bits per heavy atom. The Labute approximate surface area is 101 Å². The number of hydrogen-bond acceptors (Lipinski definition) is 4. The summed E-state index contributed by atoms with van der Waals surface area (Å²) in [4.78, 5) is 4.55. The van der Waals surface area contributed by atoms with Gasteiger partial charge in [-0.1, -0.05) is 26.8 Å². The Balaban J connectivity index is 2.42. The molecule has 5 nitrogen and oxygen atoms in total. The molecule has 0 aliphatic heterocycles. The highest BCUT2D eigenvalue weighted by Crippen LogP contribution is 2.28. The average molecular weight is 231 g/mol. The van der Waals surface area contributed by atoms with Gasteiger partial charge >= 0.3 is 0 Å². The zero-order valence-electron chi connectivity index (χ0n) is 10.7. The molecule has 0 aliphatic rings. The van der Waals surface area contributed by atoms with Crippen LogP contribution < -0.4 is 0 Å². The molecule has 0 N–H and O–H groups in total. The van der Waals surface area contributed by atoms with Crippen LogP contribution in [0, 0.1) is 6.92 Å². The molecule has 90 valence electrons. The first-order chi connectivity index (χ1) is 8.04. The summed E-state index contributed by atoms with van der Waals surface area (Å²) in [7, 11) is 0. The first kappa shape index (κ1) is 11.7. The van der Waals surface area contributed by atoms with Crippen LogP contribution in [0.5, 0.6) is 0 Å². The molecule has 0 saturated heterocycles. The second-order valence-electron chi connectivity index (χ2n) is 4.79. The molecular weight excluding hydrogens is 214 g/mol. The maximum Gasteiger partial charge on any atom is 0.157 e. The van der Waals surface area contributed by atoms with Crippen LogP contribution in [0.15, 0.2) is 18.5 Å². The summed E-state index contributed by atoms with van der Waals surface area (Å²) in [5, 5.41) is 11.0. The van der Waals surface area contributed by atoms with Crippen molar-refractivity contribution in [2.24, 2.45) is 0 Å². The predicted octanol–water partition coefficient (Wildman–Crippen LogP) is 2.05. The molecule has 0 bridgehead atoms. The van der Waals surface area contributed by atoms with Crippen molar-refractivity contribution in [3.05, 3.63) is 29.7 Å². The molecule has 5 heteroatoms. The highest BCUT2D eigenvalue weighted by atomic mass is 15.5. The third-order valence-corrected chi connectivity index (χ3v) is 3.27. The second kappa shape index (κ2) is 4.24. The highest BCUT2D eigenvalue weighted by molar-refractivity contribution is 5.33. The van der Waals surface area contributed by atoms with Crippen molar-refractivity contribution in [1.29, 1.82) is 0 Å². The van der Waals surface area contributed by atoms with Gasteiger partial charge in [0.1, 0.15) is 6.33 Å². The number of tetrazole rings is 1. The minimum Gasteiger partial charge on any atom is -0.234 e. The van der Waals surface area contributed by atoms with Crippen LogP contribution in [-0.4, -0.2) is 25.2 Å². The Morgan fingerprint density at radius 3 is 2.59 bits per heavy atom. The molecule has 17 heavy (non-hydrogen) atoms. The van der Waals surface area contributed by atoms with E-state index in [1.54, 1.807) is 11.0 Å². The van der Waals surface area contributed by atoms with Gasteiger partial charge in [0, 0.05) is 5.69 Å². The van der Waals surface area contributed by atoms with Crippen LogP contribution in [0.25, 0.3) is 5.82 Å². The predicted molar refractivity (Wildman–Crippen MR) is 65.0 cm³/mol. The minimum atomic E-state index is 0.149. The van der Waals surface area contributed by atoms with Gasteiger partial charge in [0.2, 0.25) is 0 Å². The quantitative estimate of drug-likeness (QED) is 0.811. The van der Waals surface area contributed by atoms with E-state index in [4.69, 9.17) is 0 Å². The zero-order valence-corrected chi connectivity index (χ0v) is 10.7. The summed E-state index contributed by atoms with van der Waals surface area (Å²) >= 11 is 0. The lowest BCUT2D eigenvalue weighted by Crippen LogP contribution is -2.18. The molecule has 2 aromatic heterocycles. The van der Waals surface area contributed by atoms with Crippen molar-refractivity contribution < 1.29 is 0 Å². The highest BCUT2D eigenvalue weighted by Gasteiger charge is 2.21. The molecule has 0 aliphatic carbocycles. The minimum absolute atomic E-state index is 0.149. The van der Waals surface area contributed by atoms with E-state index in [-0.39, 0.29) is 5.41 Å². The molecule has 0 atom stereocenters. The number of aryl methyl sites for hydroxylation is 1. The van der Waals surface area contributed by atoms with E-state index < -0.39 is 0 Å². The maximum absolute atomic E-state index is 4.55. The van der Waals surface area contributed by atoms with E-state index in [1.807, 2.05) is 13.0 Å². The number of hydrogen-bond donors (Lipinski definition) is 0. The van der Waals surface area contributed by atoms with Crippen LogP contribution in [0.4, 0.5) is 0 Å². The molecule has 2 aromatic rings. The molecule has 0 fully saturated rings. The Bertz CT molecular complexity index is 502. The monoisotopic (exact) mass is 231 g/mol. The summed E-state index contributed by atoms with van der Waals surface area (Å²) in [6, 6.07) is 4.07. The van der Waals surface area contributed by atoms with E-state index in [9.17, 15) is 0 Å². The van der Waals surface area contributed by atoms with Crippen molar-refractivity contribution in [3.8, 4) is 5.82 Å². The van der Waals surface area contributed by atoms with E-state index in [1.165, 1.54) is 5.56 Å². The van der Waals surface area contributed by atoms with Crippen molar-refractivity contribution in [1.82, 2.24) is 25.2 Å². The molecule has 0 unspecified atom stereocenters. The fourth-order valence-corrected chi connectivity index (χ4v) is 1.85. The lowest BCUT2D eigenvalue weighted by molar-refractivity contribution is 0.500. The SMILES string of the molecule is CCC(C)(C)c1ccc(-n2cnnn2)nc1C. The first-order valence-corrected chi connectivity index (χ1v) is 5.76. The summed E-state index contributed by atoms with van der Waals surface area (Å²) in [6.07, 6.45) is 2.63. The van der Waals surface area contributed by atoms with Gasteiger partial charge in [0.15, 0.2) is 5.82 Å². The Morgan fingerprint density at radius 1 is 1.29 bits per heavy atom. The number of aromatic nitrogens is 5. The van der Waals surface area contributed by atoms with Crippen LogP contribution >= 0.6 is 0 Å². The lowest BCUT2D eigenvalue weighted by Gasteiger charge is -2.25. The van der Waals surface area contributed by atoms with Gasteiger partial charge in [-0.05, 0) is 40.8 Å². The van der Waals surface area contributed by atoms with Gasteiger partial charge in [-0.2, -0.15) is 4.68 Å². The van der Waals surface area contributed by atoms with Gasteiger partial charge in [-0.3, -0.25) is 0 Å². The molecule has 0 saturated carbocycles. The first-order valence-electron chi connectivity index (χ1n) is 5.76. The summed E-state index contributed by atoms with van der Waals surface area (Å²) < 4.78 is 1.57. The molecule has 2 heterocycles. The van der Waals surface area contributed by atoms with Gasteiger partial charge in [0.25, 0.3) is 0 Å². The second-order valence-corrected chi connectivity index (χ2v) is 4.79. The number of rotatable bonds is 3. The molecule has 0 spiro atoms. The topological polar surface area (TPSA) is 56.5 Å². The zero-order chi connectivity index (χ0) is 12.5. The van der Waals surface area contributed by atoms with Gasteiger partial charge in [-0.15, -0.1) is 5.10 Å². The maximum atomic E-state index is 4.55. The fourth-order valence-electron chi connectivity index (χ4n) is 1.85. The van der Waals surface area contributed by atoms with E-state index in [2.05, 4.69) is 47.3 Å². The summed E-state index contributed by atoms with van der Waals surface area (Å²) in [5.74, 6) is 0.753. The van der Waals surface area contributed by atoms with Crippen molar-refractivity contribution in [2.45, 2.75) is 39.5 Å².